The van der Waals surface area contributed by atoms with Gasteiger partial charge in [-0.3, -0.25) is 0 Å². The molecule has 0 aromatic carbocycles. The van der Waals surface area contributed by atoms with Gasteiger partial charge in [0.1, 0.15) is 0 Å². The number of aliphatic imine (C=N–C) groups is 1. The average Bonchev–Trinajstić information content (AvgIpc) is 2.55. The highest BCUT2D eigenvalue weighted by atomic mass is 16.3. The summed E-state index contributed by atoms with van der Waals surface area (Å²) >= 11 is 0. The molecule has 2 unspecified atom stereocenters. The maximum atomic E-state index is 9.79. The van der Waals surface area contributed by atoms with Crippen LogP contribution in [0.25, 0.3) is 0 Å². The molecule has 0 spiro atoms. The first kappa shape index (κ1) is 15.0. The number of aromatic nitrogens is 2. The minimum Gasteiger partial charge on any atom is -0.392 e. The Balaban J connectivity index is 1.57. The molecule has 1 saturated carbocycles. The Labute approximate surface area is 130 Å². The number of rotatable bonds is 2. The molecule has 2 aliphatic rings. The Hall–Kier alpha value is -1.89. The van der Waals surface area contributed by atoms with Gasteiger partial charge in [-0.1, -0.05) is 13.8 Å². The van der Waals surface area contributed by atoms with Gasteiger partial charge in [-0.15, -0.1) is 0 Å². The van der Waals surface area contributed by atoms with E-state index in [1.807, 2.05) is 19.9 Å². The second kappa shape index (κ2) is 5.72. The molecule has 7 nitrogen and oxygen atoms in total. The van der Waals surface area contributed by atoms with Crippen molar-refractivity contribution in [2.75, 3.05) is 31.1 Å². The van der Waals surface area contributed by atoms with Crippen molar-refractivity contribution in [2.45, 2.75) is 32.4 Å². The number of hydrogen-bond acceptors (Lipinski definition) is 5. The molecule has 0 amide bonds. The van der Waals surface area contributed by atoms with Crippen LogP contribution in [0.15, 0.2) is 23.5 Å². The first-order chi connectivity index (χ1) is 10.5. The van der Waals surface area contributed by atoms with Crippen molar-refractivity contribution in [1.82, 2.24) is 14.9 Å². The number of hydrogen-bond donors (Lipinski definition) is 2. The van der Waals surface area contributed by atoms with Gasteiger partial charge < -0.3 is 20.6 Å². The Morgan fingerprint density at radius 2 is 1.91 bits per heavy atom. The van der Waals surface area contributed by atoms with Crippen LogP contribution in [-0.4, -0.2) is 64.3 Å². The molecular formula is C15H24N6O. The molecule has 1 aromatic rings. The summed E-state index contributed by atoms with van der Waals surface area (Å²) < 4.78 is 0. The van der Waals surface area contributed by atoms with E-state index in [9.17, 15) is 5.11 Å². The van der Waals surface area contributed by atoms with Gasteiger partial charge in [-0.05, 0) is 12.5 Å². The standard InChI is InChI=1S/C15H24N6O/c1-15(2)11(10-12(15)22)19-13(16)20-6-8-21(9-7-20)14-17-4-3-5-18-14/h3-5,11-12,22H,6-10H2,1-2H3,(H2,16,19). The van der Waals surface area contributed by atoms with Crippen molar-refractivity contribution in [1.29, 1.82) is 0 Å². The molecule has 1 saturated heterocycles. The second-order valence-electron chi connectivity index (χ2n) is 6.60. The number of anilines is 1. The highest BCUT2D eigenvalue weighted by molar-refractivity contribution is 5.78. The van der Waals surface area contributed by atoms with Crippen molar-refractivity contribution in [2.24, 2.45) is 16.1 Å². The summed E-state index contributed by atoms with van der Waals surface area (Å²) in [6.45, 7) is 7.35. The number of aliphatic hydroxyl groups is 1. The topological polar surface area (TPSA) is 90.9 Å². The van der Waals surface area contributed by atoms with Crippen molar-refractivity contribution in [3.63, 3.8) is 0 Å². The number of nitrogens with zero attached hydrogens (tertiary/aromatic N) is 5. The molecule has 2 atom stereocenters. The van der Waals surface area contributed by atoms with Crippen LogP contribution in [0.1, 0.15) is 20.3 Å². The summed E-state index contributed by atoms with van der Waals surface area (Å²) in [6, 6.07) is 1.93. The van der Waals surface area contributed by atoms with E-state index < -0.39 is 0 Å². The molecule has 1 aromatic heterocycles. The van der Waals surface area contributed by atoms with E-state index in [-0.39, 0.29) is 17.6 Å². The van der Waals surface area contributed by atoms with Gasteiger partial charge in [0.2, 0.25) is 5.95 Å². The maximum absolute atomic E-state index is 9.79. The van der Waals surface area contributed by atoms with E-state index in [4.69, 9.17) is 5.73 Å². The number of aliphatic hydroxyl groups excluding tert-OH is 1. The lowest BCUT2D eigenvalue weighted by atomic mass is 9.65. The molecule has 3 rings (SSSR count). The first-order valence-corrected chi connectivity index (χ1v) is 7.76. The normalized spacial score (nSPS) is 28.4. The summed E-state index contributed by atoms with van der Waals surface area (Å²) in [5, 5.41) is 9.79. The third kappa shape index (κ3) is 2.72. The van der Waals surface area contributed by atoms with Crippen LogP contribution in [0.4, 0.5) is 5.95 Å². The molecular weight excluding hydrogens is 280 g/mol. The fraction of sp³-hybridized carbons (Fsp3) is 0.667. The Morgan fingerprint density at radius 3 is 2.45 bits per heavy atom. The highest BCUT2D eigenvalue weighted by Crippen LogP contribution is 2.42. The predicted molar refractivity (Wildman–Crippen MR) is 85.6 cm³/mol. The molecule has 22 heavy (non-hydrogen) atoms. The van der Waals surface area contributed by atoms with Crippen molar-refractivity contribution < 1.29 is 5.11 Å². The van der Waals surface area contributed by atoms with Crippen molar-refractivity contribution in [3.8, 4) is 0 Å². The van der Waals surface area contributed by atoms with Crippen LogP contribution >= 0.6 is 0 Å². The Bertz CT molecular complexity index is 538. The van der Waals surface area contributed by atoms with E-state index in [1.165, 1.54) is 0 Å². The predicted octanol–water partition coefficient (Wildman–Crippen LogP) is 0.0727. The van der Waals surface area contributed by atoms with Crippen molar-refractivity contribution >= 4 is 11.9 Å². The maximum Gasteiger partial charge on any atom is 0.225 e. The summed E-state index contributed by atoms with van der Waals surface area (Å²) in [5.41, 5.74) is 5.98. The van der Waals surface area contributed by atoms with Gasteiger partial charge >= 0.3 is 0 Å². The third-order valence-corrected chi connectivity index (χ3v) is 4.89. The van der Waals surface area contributed by atoms with Gasteiger partial charge in [0.25, 0.3) is 0 Å². The van der Waals surface area contributed by atoms with Crippen LogP contribution in [0.5, 0.6) is 0 Å². The van der Waals surface area contributed by atoms with Crippen LogP contribution in [0.2, 0.25) is 0 Å². The van der Waals surface area contributed by atoms with Crippen molar-refractivity contribution in [3.05, 3.63) is 18.5 Å². The molecule has 0 bridgehead atoms. The van der Waals surface area contributed by atoms with Gasteiger partial charge in [0.15, 0.2) is 5.96 Å². The second-order valence-corrected chi connectivity index (χ2v) is 6.60. The van der Waals surface area contributed by atoms with Gasteiger partial charge in [-0.2, -0.15) is 0 Å². The monoisotopic (exact) mass is 304 g/mol. The van der Waals surface area contributed by atoms with Gasteiger partial charge in [0, 0.05) is 44.0 Å². The Kier molecular flexibility index (Phi) is 3.90. The fourth-order valence-corrected chi connectivity index (χ4v) is 2.93. The quantitative estimate of drug-likeness (QED) is 0.594. The first-order valence-electron chi connectivity index (χ1n) is 7.76. The molecule has 0 radical (unpaired) electrons. The highest BCUT2D eigenvalue weighted by Gasteiger charge is 2.47. The molecule has 1 aliphatic carbocycles. The zero-order valence-corrected chi connectivity index (χ0v) is 13.2. The van der Waals surface area contributed by atoms with E-state index in [1.54, 1.807) is 12.4 Å². The van der Waals surface area contributed by atoms with Gasteiger partial charge in [0.05, 0.1) is 12.1 Å². The number of guanidine groups is 1. The number of nitrogens with two attached hydrogens (primary N) is 1. The molecule has 7 heteroatoms. The lowest BCUT2D eigenvalue weighted by Gasteiger charge is -2.47. The van der Waals surface area contributed by atoms with E-state index in [0.29, 0.717) is 12.4 Å². The van der Waals surface area contributed by atoms with Crippen LogP contribution in [-0.2, 0) is 0 Å². The lowest BCUT2D eigenvalue weighted by Crippen LogP contribution is -2.55. The van der Waals surface area contributed by atoms with Crippen LogP contribution in [0.3, 0.4) is 0 Å². The molecule has 1 aliphatic heterocycles. The summed E-state index contributed by atoms with van der Waals surface area (Å²) in [7, 11) is 0. The zero-order valence-electron chi connectivity index (χ0n) is 13.2. The average molecular weight is 304 g/mol. The zero-order chi connectivity index (χ0) is 15.7. The SMILES string of the molecule is CC1(C)C(O)CC1N=C(N)N1CCN(c2ncccn2)CC1. The molecule has 3 N–H and O–H groups in total. The van der Waals surface area contributed by atoms with Crippen LogP contribution < -0.4 is 10.6 Å². The lowest BCUT2D eigenvalue weighted by molar-refractivity contribution is -0.0580. The van der Waals surface area contributed by atoms with Gasteiger partial charge in [-0.25, -0.2) is 15.0 Å². The minimum atomic E-state index is -0.277. The largest absolute Gasteiger partial charge is 0.392 e. The van der Waals surface area contributed by atoms with Crippen LogP contribution in [0, 0.1) is 5.41 Å². The summed E-state index contributed by atoms with van der Waals surface area (Å²) in [5.74, 6) is 1.35. The summed E-state index contributed by atoms with van der Waals surface area (Å²) in [4.78, 5) is 17.4. The number of piperazine rings is 1. The molecule has 2 fully saturated rings. The van der Waals surface area contributed by atoms with E-state index in [2.05, 4.69) is 24.8 Å². The Morgan fingerprint density at radius 1 is 1.27 bits per heavy atom. The summed E-state index contributed by atoms with van der Waals surface area (Å²) in [6.07, 6.45) is 3.94. The third-order valence-electron chi connectivity index (χ3n) is 4.89. The fourth-order valence-electron chi connectivity index (χ4n) is 2.93. The minimum absolute atomic E-state index is 0.109. The van der Waals surface area contributed by atoms with E-state index in [0.717, 1.165) is 32.1 Å². The smallest absolute Gasteiger partial charge is 0.225 e. The molecule has 2 heterocycles. The van der Waals surface area contributed by atoms with E-state index >= 15 is 0 Å². The molecule has 120 valence electrons.